The first-order valence-corrected chi connectivity index (χ1v) is 5.69. The molecule has 14 heavy (non-hydrogen) atoms. The lowest BCUT2D eigenvalue weighted by Gasteiger charge is -2.05. The number of fused-ring (bicyclic) bond motifs is 1. The molecule has 0 saturated carbocycles. The second-order valence-electron chi connectivity index (χ2n) is 3.02. The maximum atomic E-state index is 5.26. The number of ether oxygens (including phenoxy) is 1. The molecule has 2 aromatic carbocycles. The van der Waals surface area contributed by atoms with E-state index in [0.717, 1.165) is 19.6 Å². The highest BCUT2D eigenvalue weighted by Gasteiger charge is 2.02. The fraction of sp³-hybridized carbons (Fsp3) is 0.0909. The number of rotatable bonds is 1. The molecule has 0 atom stereocenters. The predicted octanol–water partition coefficient (Wildman–Crippen LogP) is 3.74. The molecule has 0 aliphatic carbocycles. The van der Waals surface area contributed by atoms with Crippen molar-refractivity contribution in [3.05, 3.63) is 33.9 Å². The van der Waals surface area contributed by atoms with Crippen LogP contribution >= 0.6 is 35.2 Å². The first kappa shape index (κ1) is 10.1. The standard InChI is InChI=1S/C11H9IOS/c1-13-11-6-8-4-9(14)3-2-7(8)5-10(11)12/h2-6,14H,1H3. The molecule has 0 saturated heterocycles. The van der Waals surface area contributed by atoms with E-state index in [1.165, 1.54) is 5.39 Å². The first-order valence-electron chi connectivity index (χ1n) is 4.17. The van der Waals surface area contributed by atoms with Gasteiger partial charge in [-0.15, -0.1) is 12.6 Å². The minimum atomic E-state index is 0.914. The topological polar surface area (TPSA) is 9.23 Å². The monoisotopic (exact) mass is 316 g/mol. The molecule has 0 N–H and O–H groups in total. The van der Waals surface area contributed by atoms with Crippen molar-refractivity contribution in [1.82, 2.24) is 0 Å². The van der Waals surface area contributed by atoms with Gasteiger partial charge in [-0.05, 0) is 57.6 Å². The fourth-order valence-corrected chi connectivity index (χ4v) is 2.32. The SMILES string of the molecule is COc1cc2cc(S)ccc2cc1I. The van der Waals surface area contributed by atoms with Crippen LogP contribution in [0.25, 0.3) is 10.8 Å². The van der Waals surface area contributed by atoms with Gasteiger partial charge in [-0.3, -0.25) is 0 Å². The molecule has 0 bridgehead atoms. The number of thiol groups is 1. The summed E-state index contributed by atoms with van der Waals surface area (Å²) >= 11 is 6.58. The molecule has 0 aliphatic heterocycles. The van der Waals surface area contributed by atoms with Crippen LogP contribution in [-0.2, 0) is 0 Å². The Morgan fingerprint density at radius 3 is 2.64 bits per heavy atom. The number of hydrogen-bond acceptors (Lipinski definition) is 2. The van der Waals surface area contributed by atoms with E-state index in [1.807, 2.05) is 18.2 Å². The van der Waals surface area contributed by atoms with Gasteiger partial charge in [0, 0.05) is 4.90 Å². The summed E-state index contributed by atoms with van der Waals surface area (Å²) in [5.41, 5.74) is 0. The van der Waals surface area contributed by atoms with Crippen molar-refractivity contribution in [1.29, 1.82) is 0 Å². The average Bonchev–Trinajstić information content (AvgIpc) is 2.17. The molecule has 0 fully saturated rings. The van der Waals surface area contributed by atoms with Crippen LogP contribution in [0, 0.1) is 3.57 Å². The summed E-state index contributed by atoms with van der Waals surface area (Å²) < 4.78 is 6.39. The fourth-order valence-electron chi connectivity index (χ4n) is 1.39. The van der Waals surface area contributed by atoms with E-state index in [-0.39, 0.29) is 0 Å². The Morgan fingerprint density at radius 1 is 1.14 bits per heavy atom. The Balaban J connectivity index is 2.73. The molecular formula is C11H9IOS. The molecule has 2 rings (SSSR count). The smallest absolute Gasteiger partial charge is 0.132 e. The molecule has 0 unspecified atom stereocenters. The molecule has 0 radical (unpaired) electrons. The van der Waals surface area contributed by atoms with Crippen LogP contribution < -0.4 is 4.74 Å². The van der Waals surface area contributed by atoms with Gasteiger partial charge in [0.25, 0.3) is 0 Å². The number of hydrogen-bond donors (Lipinski definition) is 1. The zero-order valence-electron chi connectivity index (χ0n) is 7.62. The van der Waals surface area contributed by atoms with Gasteiger partial charge in [0.2, 0.25) is 0 Å². The van der Waals surface area contributed by atoms with Gasteiger partial charge in [-0.25, -0.2) is 0 Å². The minimum absolute atomic E-state index is 0.914. The number of halogens is 1. The molecule has 0 spiro atoms. The van der Waals surface area contributed by atoms with Crippen LogP contribution in [0.1, 0.15) is 0 Å². The third-order valence-electron chi connectivity index (χ3n) is 2.09. The Hall–Kier alpha value is -0.420. The highest BCUT2D eigenvalue weighted by molar-refractivity contribution is 14.1. The highest BCUT2D eigenvalue weighted by Crippen LogP contribution is 2.28. The van der Waals surface area contributed by atoms with E-state index < -0.39 is 0 Å². The first-order chi connectivity index (χ1) is 6.70. The van der Waals surface area contributed by atoms with Gasteiger partial charge in [0.05, 0.1) is 10.7 Å². The minimum Gasteiger partial charge on any atom is -0.496 e. The zero-order valence-corrected chi connectivity index (χ0v) is 10.7. The van der Waals surface area contributed by atoms with Crippen molar-refractivity contribution in [2.75, 3.05) is 7.11 Å². The molecule has 0 heterocycles. The molecule has 0 aliphatic rings. The lowest BCUT2D eigenvalue weighted by Crippen LogP contribution is -1.86. The lowest BCUT2D eigenvalue weighted by molar-refractivity contribution is 0.412. The van der Waals surface area contributed by atoms with Crippen molar-refractivity contribution in [3.63, 3.8) is 0 Å². The van der Waals surface area contributed by atoms with Gasteiger partial charge < -0.3 is 4.74 Å². The quantitative estimate of drug-likeness (QED) is 0.623. The molecular weight excluding hydrogens is 307 g/mol. The van der Waals surface area contributed by atoms with Crippen LogP contribution in [0.2, 0.25) is 0 Å². The van der Waals surface area contributed by atoms with Crippen molar-refractivity contribution in [2.45, 2.75) is 4.90 Å². The van der Waals surface area contributed by atoms with Gasteiger partial charge in [0.1, 0.15) is 5.75 Å². The predicted molar refractivity (Wildman–Crippen MR) is 70.5 cm³/mol. The second kappa shape index (κ2) is 3.98. The molecule has 0 aromatic heterocycles. The van der Waals surface area contributed by atoms with E-state index in [4.69, 9.17) is 4.74 Å². The van der Waals surface area contributed by atoms with Crippen LogP contribution in [0.5, 0.6) is 5.75 Å². The lowest BCUT2D eigenvalue weighted by atomic mass is 10.1. The van der Waals surface area contributed by atoms with Gasteiger partial charge in [-0.1, -0.05) is 6.07 Å². The van der Waals surface area contributed by atoms with Crippen LogP contribution in [0.3, 0.4) is 0 Å². The van der Waals surface area contributed by atoms with E-state index in [2.05, 4.69) is 47.4 Å². The summed E-state index contributed by atoms with van der Waals surface area (Å²) in [5, 5.41) is 2.38. The Bertz CT molecular complexity index is 482. The molecule has 0 amide bonds. The summed E-state index contributed by atoms with van der Waals surface area (Å²) in [6, 6.07) is 10.3. The van der Waals surface area contributed by atoms with Crippen molar-refractivity contribution in [2.24, 2.45) is 0 Å². The van der Waals surface area contributed by atoms with E-state index >= 15 is 0 Å². The Morgan fingerprint density at radius 2 is 1.93 bits per heavy atom. The van der Waals surface area contributed by atoms with Gasteiger partial charge in [0.15, 0.2) is 0 Å². The maximum absolute atomic E-state index is 5.26. The van der Waals surface area contributed by atoms with Crippen molar-refractivity contribution in [3.8, 4) is 5.75 Å². The third kappa shape index (κ3) is 1.83. The summed E-state index contributed by atoms with van der Waals surface area (Å²) in [6.45, 7) is 0. The van der Waals surface area contributed by atoms with E-state index in [1.54, 1.807) is 7.11 Å². The molecule has 1 nitrogen and oxygen atoms in total. The van der Waals surface area contributed by atoms with Gasteiger partial charge in [-0.2, -0.15) is 0 Å². The normalized spacial score (nSPS) is 10.5. The van der Waals surface area contributed by atoms with Crippen LogP contribution in [0.4, 0.5) is 0 Å². The van der Waals surface area contributed by atoms with Crippen molar-refractivity contribution >= 4 is 46.0 Å². The van der Waals surface area contributed by atoms with E-state index in [0.29, 0.717) is 0 Å². The summed E-state index contributed by atoms with van der Waals surface area (Å²) in [4.78, 5) is 0.973. The van der Waals surface area contributed by atoms with E-state index in [9.17, 15) is 0 Å². The zero-order chi connectivity index (χ0) is 10.1. The Kier molecular flexibility index (Phi) is 2.88. The average molecular weight is 316 g/mol. The van der Waals surface area contributed by atoms with Crippen molar-refractivity contribution < 1.29 is 4.74 Å². The Labute approximate surface area is 102 Å². The molecule has 2 aromatic rings. The summed E-state index contributed by atoms with van der Waals surface area (Å²) in [5.74, 6) is 0.914. The highest BCUT2D eigenvalue weighted by atomic mass is 127. The van der Waals surface area contributed by atoms with Gasteiger partial charge >= 0.3 is 0 Å². The molecule has 3 heteroatoms. The molecule has 72 valence electrons. The largest absolute Gasteiger partial charge is 0.496 e. The number of methoxy groups -OCH3 is 1. The summed E-state index contributed by atoms with van der Waals surface area (Å²) in [7, 11) is 1.69. The maximum Gasteiger partial charge on any atom is 0.132 e. The number of benzene rings is 2. The van der Waals surface area contributed by atoms with Crippen LogP contribution in [0.15, 0.2) is 35.2 Å². The summed E-state index contributed by atoms with van der Waals surface area (Å²) in [6.07, 6.45) is 0. The van der Waals surface area contributed by atoms with Crippen LogP contribution in [-0.4, -0.2) is 7.11 Å². The second-order valence-corrected chi connectivity index (χ2v) is 4.70. The third-order valence-corrected chi connectivity index (χ3v) is 3.22.